The molecular formula is C24H29N3O2. The topological polar surface area (TPSA) is 56.2 Å². The minimum Gasteiger partial charge on any atom is -0.368 e. The Labute approximate surface area is 172 Å². The third-order valence-electron chi connectivity index (χ3n) is 5.59. The molecule has 1 fully saturated rings. The SMILES string of the molecule is CC(C)c1ccc(Cn2c(CCNC(=O)C3CCCO3)nc3ccccc32)cc1. The van der Waals surface area contributed by atoms with Crippen molar-refractivity contribution in [2.75, 3.05) is 13.2 Å². The molecule has 2 aromatic carbocycles. The van der Waals surface area contributed by atoms with Gasteiger partial charge in [0, 0.05) is 26.1 Å². The third-order valence-corrected chi connectivity index (χ3v) is 5.59. The quantitative estimate of drug-likeness (QED) is 0.661. The van der Waals surface area contributed by atoms with Gasteiger partial charge in [-0.1, -0.05) is 50.2 Å². The molecule has 1 aliphatic rings. The number of amides is 1. The van der Waals surface area contributed by atoms with Crippen molar-refractivity contribution in [1.82, 2.24) is 14.9 Å². The minimum absolute atomic E-state index is 0.00515. The molecule has 1 atom stereocenters. The molecule has 152 valence electrons. The normalized spacial score (nSPS) is 16.6. The molecule has 0 spiro atoms. The highest BCUT2D eigenvalue weighted by Gasteiger charge is 2.23. The van der Waals surface area contributed by atoms with Gasteiger partial charge in [0.1, 0.15) is 11.9 Å². The van der Waals surface area contributed by atoms with Gasteiger partial charge in [0.25, 0.3) is 0 Å². The molecule has 1 aliphatic heterocycles. The Morgan fingerprint density at radius 2 is 2.00 bits per heavy atom. The van der Waals surface area contributed by atoms with E-state index in [-0.39, 0.29) is 12.0 Å². The van der Waals surface area contributed by atoms with Gasteiger partial charge >= 0.3 is 0 Å². The zero-order valence-corrected chi connectivity index (χ0v) is 17.2. The zero-order chi connectivity index (χ0) is 20.2. The standard InChI is InChI=1S/C24H29N3O2/c1-17(2)19-11-9-18(10-12-19)16-27-21-7-4-3-6-20(21)26-23(27)13-14-25-24(28)22-8-5-15-29-22/h3-4,6-7,9-12,17,22H,5,8,13-16H2,1-2H3,(H,25,28). The Morgan fingerprint density at radius 3 is 2.72 bits per heavy atom. The van der Waals surface area contributed by atoms with Crippen LogP contribution in [0.3, 0.4) is 0 Å². The largest absolute Gasteiger partial charge is 0.368 e. The van der Waals surface area contributed by atoms with Crippen LogP contribution in [-0.2, 0) is 22.5 Å². The molecule has 4 rings (SSSR count). The minimum atomic E-state index is -0.284. The molecule has 0 bridgehead atoms. The van der Waals surface area contributed by atoms with Crippen molar-refractivity contribution in [2.24, 2.45) is 0 Å². The number of nitrogens with zero attached hydrogens (tertiary/aromatic N) is 2. The lowest BCUT2D eigenvalue weighted by Crippen LogP contribution is -2.35. The van der Waals surface area contributed by atoms with Crippen LogP contribution in [0.1, 0.15) is 49.6 Å². The van der Waals surface area contributed by atoms with Crippen molar-refractivity contribution in [3.05, 3.63) is 65.5 Å². The second kappa shape index (κ2) is 8.78. The molecule has 5 nitrogen and oxygen atoms in total. The Kier molecular flexibility index (Phi) is 5.95. The average molecular weight is 392 g/mol. The summed E-state index contributed by atoms with van der Waals surface area (Å²) in [6.07, 6.45) is 2.19. The predicted octanol–water partition coefficient (Wildman–Crippen LogP) is 4.05. The number of fused-ring (bicyclic) bond motifs is 1. The highest BCUT2D eigenvalue weighted by molar-refractivity contribution is 5.81. The number of carbonyl (C=O) groups excluding carboxylic acids is 1. The summed E-state index contributed by atoms with van der Waals surface area (Å²) in [4.78, 5) is 17.0. The molecule has 0 saturated carbocycles. The summed E-state index contributed by atoms with van der Waals surface area (Å²) in [7, 11) is 0. The van der Waals surface area contributed by atoms with E-state index in [0.29, 0.717) is 25.5 Å². The molecular weight excluding hydrogens is 362 g/mol. The van der Waals surface area contributed by atoms with Crippen LogP contribution in [0.2, 0.25) is 0 Å². The predicted molar refractivity (Wildman–Crippen MR) is 115 cm³/mol. The van der Waals surface area contributed by atoms with Crippen LogP contribution >= 0.6 is 0 Å². The first-order valence-corrected chi connectivity index (χ1v) is 10.5. The number of nitrogens with one attached hydrogen (secondary N) is 1. The van der Waals surface area contributed by atoms with E-state index in [4.69, 9.17) is 9.72 Å². The van der Waals surface area contributed by atoms with Crippen molar-refractivity contribution in [1.29, 1.82) is 0 Å². The van der Waals surface area contributed by atoms with Gasteiger partial charge in [0.2, 0.25) is 5.91 Å². The molecule has 1 saturated heterocycles. The zero-order valence-electron chi connectivity index (χ0n) is 17.2. The first kappa shape index (κ1) is 19.6. The number of aromatic nitrogens is 2. The second-order valence-corrected chi connectivity index (χ2v) is 8.04. The first-order valence-electron chi connectivity index (χ1n) is 10.5. The van der Waals surface area contributed by atoms with Crippen molar-refractivity contribution in [3.8, 4) is 0 Å². The number of hydrogen-bond donors (Lipinski definition) is 1. The summed E-state index contributed by atoms with van der Waals surface area (Å²) in [6.45, 7) is 6.44. The third kappa shape index (κ3) is 4.51. The fourth-order valence-corrected chi connectivity index (χ4v) is 3.88. The number of ether oxygens (including phenoxy) is 1. The van der Waals surface area contributed by atoms with Crippen LogP contribution in [-0.4, -0.2) is 34.7 Å². The summed E-state index contributed by atoms with van der Waals surface area (Å²) >= 11 is 0. The van der Waals surface area contributed by atoms with E-state index in [1.807, 2.05) is 18.2 Å². The number of carbonyl (C=O) groups is 1. The van der Waals surface area contributed by atoms with E-state index >= 15 is 0 Å². The average Bonchev–Trinajstić information content (AvgIpc) is 3.37. The number of para-hydroxylation sites is 2. The molecule has 0 aliphatic carbocycles. The van der Waals surface area contributed by atoms with Crippen molar-refractivity contribution >= 4 is 16.9 Å². The lowest BCUT2D eigenvalue weighted by molar-refractivity contribution is -0.130. The van der Waals surface area contributed by atoms with E-state index in [9.17, 15) is 4.79 Å². The van der Waals surface area contributed by atoms with Gasteiger partial charge in [-0.3, -0.25) is 4.79 Å². The highest BCUT2D eigenvalue weighted by atomic mass is 16.5. The summed E-state index contributed by atoms with van der Waals surface area (Å²) in [5.74, 6) is 1.52. The van der Waals surface area contributed by atoms with Gasteiger partial charge in [0.05, 0.1) is 11.0 Å². The Balaban J connectivity index is 1.50. The van der Waals surface area contributed by atoms with Crippen molar-refractivity contribution in [3.63, 3.8) is 0 Å². The maximum Gasteiger partial charge on any atom is 0.249 e. The van der Waals surface area contributed by atoms with Gasteiger partial charge in [-0.25, -0.2) is 4.98 Å². The monoisotopic (exact) mass is 391 g/mol. The molecule has 2 heterocycles. The smallest absolute Gasteiger partial charge is 0.249 e. The summed E-state index contributed by atoms with van der Waals surface area (Å²) in [5, 5.41) is 3.01. The Bertz CT molecular complexity index is 969. The van der Waals surface area contributed by atoms with Crippen LogP contribution in [0, 0.1) is 0 Å². The highest BCUT2D eigenvalue weighted by Crippen LogP contribution is 2.20. The fourth-order valence-electron chi connectivity index (χ4n) is 3.88. The van der Waals surface area contributed by atoms with Gasteiger partial charge in [0.15, 0.2) is 0 Å². The molecule has 0 radical (unpaired) electrons. The summed E-state index contributed by atoms with van der Waals surface area (Å²) < 4.78 is 7.72. The number of imidazole rings is 1. The molecule has 29 heavy (non-hydrogen) atoms. The van der Waals surface area contributed by atoms with E-state index in [1.54, 1.807) is 0 Å². The van der Waals surface area contributed by atoms with Gasteiger partial charge in [-0.2, -0.15) is 0 Å². The number of rotatable bonds is 7. The van der Waals surface area contributed by atoms with Crippen molar-refractivity contribution < 1.29 is 9.53 Å². The lowest BCUT2D eigenvalue weighted by Gasteiger charge is -2.13. The maximum atomic E-state index is 12.2. The van der Waals surface area contributed by atoms with E-state index < -0.39 is 0 Å². The van der Waals surface area contributed by atoms with Crippen LogP contribution in [0.25, 0.3) is 11.0 Å². The van der Waals surface area contributed by atoms with Crippen molar-refractivity contribution in [2.45, 2.75) is 51.7 Å². The van der Waals surface area contributed by atoms with Gasteiger partial charge < -0.3 is 14.6 Å². The molecule has 3 aromatic rings. The van der Waals surface area contributed by atoms with Gasteiger partial charge in [-0.05, 0) is 42.0 Å². The summed E-state index contributed by atoms with van der Waals surface area (Å²) in [6, 6.07) is 17.0. The van der Waals surface area contributed by atoms with E-state index in [1.165, 1.54) is 11.1 Å². The molecule has 1 unspecified atom stereocenters. The van der Waals surface area contributed by atoms with Crippen LogP contribution in [0.4, 0.5) is 0 Å². The number of hydrogen-bond acceptors (Lipinski definition) is 3. The molecule has 1 amide bonds. The maximum absolute atomic E-state index is 12.2. The van der Waals surface area contributed by atoms with Crippen LogP contribution in [0.5, 0.6) is 0 Å². The Morgan fingerprint density at radius 1 is 1.21 bits per heavy atom. The Hall–Kier alpha value is -2.66. The number of benzene rings is 2. The second-order valence-electron chi connectivity index (χ2n) is 8.04. The molecule has 1 aromatic heterocycles. The van der Waals surface area contributed by atoms with Gasteiger partial charge in [-0.15, -0.1) is 0 Å². The first-order chi connectivity index (χ1) is 14.1. The van der Waals surface area contributed by atoms with Crippen LogP contribution in [0.15, 0.2) is 48.5 Å². The van der Waals surface area contributed by atoms with Crippen LogP contribution < -0.4 is 5.32 Å². The van der Waals surface area contributed by atoms with E-state index in [2.05, 4.69) is 54.1 Å². The molecule has 1 N–H and O–H groups in total. The summed E-state index contributed by atoms with van der Waals surface area (Å²) in [5.41, 5.74) is 4.72. The van der Waals surface area contributed by atoms with E-state index in [0.717, 1.165) is 36.2 Å². The molecule has 5 heteroatoms. The lowest BCUT2D eigenvalue weighted by atomic mass is 10.0. The fraction of sp³-hybridized carbons (Fsp3) is 0.417.